The van der Waals surface area contributed by atoms with Gasteiger partial charge in [-0.2, -0.15) is 5.26 Å². The second kappa shape index (κ2) is 6.49. The van der Waals surface area contributed by atoms with Crippen molar-refractivity contribution in [1.29, 1.82) is 5.26 Å². The Morgan fingerprint density at radius 1 is 1.69 bits per heavy atom. The zero-order valence-electron chi connectivity index (χ0n) is 9.98. The maximum Gasteiger partial charge on any atom is 0.223 e. The van der Waals surface area contributed by atoms with Crippen LogP contribution in [0.1, 0.15) is 39.0 Å². The van der Waals surface area contributed by atoms with E-state index in [1.54, 1.807) is 4.90 Å². The quantitative estimate of drug-likeness (QED) is 0.763. The summed E-state index contributed by atoms with van der Waals surface area (Å²) in [6.45, 7) is 3.48. The molecule has 16 heavy (non-hydrogen) atoms. The molecule has 0 aromatic heterocycles. The van der Waals surface area contributed by atoms with Crippen LogP contribution in [0.3, 0.4) is 0 Å². The number of carbonyl (C=O) groups is 1. The van der Waals surface area contributed by atoms with Crippen LogP contribution in [0, 0.1) is 17.2 Å². The van der Waals surface area contributed by atoms with Crippen LogP contribution in [0.5, 0.6) is 0 Å². The molecule has 2 unspecified atom stereocenters. The Morgan fingerprint density at radius 2 is 2.44 bits per heavy atom. The monoisotopic (exact) mass is 223 g/mol. The Labute approximate surface area is 97.4 Å². The second-order valence-electron chi connectivity index (χ2n) is 4.42. The van der Waals surface area contributed by atoms with E-state index in [1.807, 2.05) is 0 Å². The molecule has 0 aliphatic carbocycles. The fraction of sp³-hybridized carbons (Fsp3) is 0.833. The van der Waals surface area contributed by atoms with Crippen LogP contribution >= 0.6 is 0 Å². The van der Waals surface area contributed by atoms with E-state index in [9.17, 15) is 4.79 Å². The average molecular weight is 223 g/mol. The Hall–Kier alpha value is -1.08. The normalized spacial score (nSPS) is 21.8. The van der Waals surface area contributed by atoms with E-state index in [4.69, 9.17) is 11.0 Å². The van der Waals surface area contributed by atoms with Gasteiger partial charge in [0, 0.05) is 13.0 Å². The van der Waals surface area contributed by atoms with Crippen LogP contribution in [0.2, 0.25) is 0 Å². The molecule has 0 spiro atoms. The van der Waals surface area contributed by atoms with Crippen LogP contribution in [-0.2, 0) is 4.79 Å². The topological polar surface area (TPSA) is 70.1 Å². The number of carbonyl (C=O) groups excluding carboxylic acids is 1. The van der Waals surface area contributed by atoms with Gasteiger partial charge in [-0.3, -0.25) is 4.79 Å². The van der Waals surface area contributed by atoms with E-state index in [-0.39, 0.29) is 11.9 Å². The first-order chi connectivity index (χ1) is 7.72. The Morgan fingerprint density at radius 3 is 3.00 bits per heavy atom. The van der Waals surface area contributed by atoms with Crippen LogP contribution in [0.4, 0.5) is 0 Å². The van der Waals surface area contributed by atoms with E-state index in [2.05, 4.69) is 13.0 Å². The molecule has 1 rings (SSSR count). The number of amides is 1. The molecular formula is C12H21N3O. The number of hydrogen-bond donors (Lipinski definition) is 1. The van der Waals surface area contributed by atoms with Crippen molar-refractivity contribution >= 4 is 5.91 Å². The van der Waals surface area contributed by atoms with Crippen molar-refractivity contribution in [2.45, 2.75) is 45.1 Å². The van der Waals surface area contributed by atoms with Crippen molar-refractivity contribution in [3.63, 3.8) is 0 Å². The zero-order valence-corrected chi connectivity index (χ0v) is 9.98. The third-order valence-corrected chi connectivity index (χ3v) is 3.40. The minimum Gasteiger partial charge on any atom is -0.330 e. The summed E-state index contributed by atoms with van der Waals surface area (Å²) in [5.74, 6) is 0.558. The van der Waals surface area contributed by atoms with Gasteiger partial charge in [-0.15, -0.1) is 0 Å². The van der Waals surface area contributed by atoms with Crippen molar-refractivity contribution in [2.24, 2.45) is 11.7 Å². The predicted octanol–water partition coefficient (Wildman–Crippen LogP) is 1.27. The van der Waals surface area contributed by atoms with Crippen LogP contribution < -0.4 is 5.73 Å². The molecule has 90 valence electrons. The Kier molecular flexibility index (Phi) is 5.27. The lowest BCUT2D eigenvalue weighted by Crippen LogP contribution is -2.34. The fourth-order valence-electron chi connectivity index (χ4n) is 2.16. The van der Waals surface area contributed by atoms with E-state index in [0.29, 0.717) is 18.9 Å². The minimum absolute atomic E-state index is 0.121. The minimum atomic E-state index is -0.189. The van der Waals surface area contributed by atoms with Crippen LogP contribution in [0.25, 0.3) is 0 Å². The number of nitrogens with zero attached hydrogens (tertiary/aromatic N) is 2. The van der Waals surface area contributed by atoms with Gasteiger partial charge in [-0.25, -0.2) is 0 Å². The average Bonchev–Trinajstić information content (AvgIpc) is 2.78. The van der Waals surface area contributed by atoms with Crippen molar-refractivity contribution in [3.8, 4) is 6.07 Å². The zero-order chi connectivity index (χ0) is 12.0. The summed E-state index contributed by atoms with van der Waals surface area (Å²) >= 11 is 0. The molecule has 0 aromatic carbocycles. The largest absolute Gasteiger partial charge is 0.330 e. The van der Waals surface area contributed by atoms with E-state index >= 15 is 0 Å². The highest BCUT2D eigenvalue weighted by Gasteiger charge is 2.28. The standard InChI is InChI=1S/C12H21N3O/c1-2-10(8-13)5-6-12(16)15-7-3-4-11(15)9-14/h10-11H,2-8,13H2,1H3. The van der Waals surface area contributed by atoms with Gasteiger partial charge in [0.1, 0.15) is 6.04 Å². The van der Waals surface area contributed by atoms with Gasteiger partial charge >= 0.3 is 0 Å². The van der Waals surface area contributed by atoms with Gasteiger partial charge in [0.15, 0.2) is 0 Å². The molecule has 2 N–H and O–H groups in total. The highest BCUT2D eigenvalue weighted by atomic mass is 16.2. The van der Waals surface area contributed by atoms with Gasteiger partial charge in [-0.1, -0.05) is 13.3 Å². The molecule has 2 atom stereocenters. The number of hydrogen-bond acceptors (Lipinski definition) is 3. The summed E-state index contributed by atoms with van der Waals surface area (Å²) in [5, 5.41) is 8.89. The summed E-state index contributed by atoms with van der Waals surface area (Å²) in [6.07, 6.45) is 4.19. The van der Waals surface area contributed by atoms with E-state index in [0.717, 1.165) is 32.2 Å². The summed E-state index contributed by atoms with van der Waals surface area (Å²) in [7, 11) is 0. The first kappa shape index (κ1) is 13.0. The number of nitrogens with two attached hydrogens (primary N) is 1. The maximum atomic E-state index is 11.9. The van der Waals surface area contributed by atoms with E-state index in [1.165, 1.54) is 0 Å². The third kappa shape index (κ3) is 3.21. The molecule has 0 aromatic rings. The first-order valence-electron chi connectivity index (χ1n) is 6.12. The highest BCUT2D eigenvalue weighted by Crippen LogP contribution is 2.19. The summed E-state index contributed by atoms with van der Waals surface area (Å²) < 4.78 is 0. The molecule has 1 amide bonds. The van der Waals surface area contributed by atoms with Gasteiger partial charge in [0.25, 0.3) is 0 Å². The first-order valence-corrected chi connectivity index (χ1v) is 6.12. The van der Waals surface area contributed by atoms with Crippen LogP contribution in [-0.4, -0.2) is 29.9 Å². The summed E-state index contributed by atoms with van der Waals surface area (Å²) in [5.41, 5.74) is 5.60. The molecule has 4 heteroatoms. The molecule has 1 aliphatic heterocycles. The molecule has 0 radical (unpaired) electrons. The summed E-state index contributed by atoms with van der Waals surface area (Å²) in [4.78, 5) is 13.6. The molecule has 1 heterocycles. The Balaban J connectivity index is 2.37. The lowest BCUT2D eigenvalue weighted by molar-refractivity contribution is -0.131. The Bertz CT molecular complexity index is 268. The van der Waals surface area contributed by atoms with Crippen molar-refractivity contribution < 1.29 is 4.79 Å². The molecule has 1 fully saturated rings. The highest BCUT2D eigenvalue weighted by molar-refractivity contribution is 5.77. The molecule has 4 nitrogen and oxygen atoms in total. The van der Waals surface area contributed by atoms with Gasteiger partial charge in [0.05, 0.1) is 6.07 Å². The number of likely N-dealkylation sites (tertiary alicyclic amines) is 1. The summed E-state index contributed by atoms with van der Waals surface area (Å²) in [6, 6.07) is 2.00. The number of nitriles is 1. The molecule has 0 bridgehead atoms. The van der Waals surface area contributed by atoms with Crippen molar-refractivity contribution in [3.05, 3.63) is 0 Å². The predicted molar refractivity (Wildman–Crippen MR) is 62.4 cm³/mol. The van der Waals surface area contributed by atoms with Crippen LogP contribution in [0.15, 0.2) is 0 Å². The van der Waals surface area contributed by atoms with Gasteiger partial charge < -0.3 is 10.6 Å². The van der Waals surface area contributed by atoms with E-state index < -0.39 is 0 Å². The smallest absolute Gasteiger partial charge is 0.223 e. The molecule has 1 aliphatic rings. The third-order valence-electron chi connectivity index (χ3n) is 3.40. The fourth-order valence-corrected chi connectivity index (χ4v) is 2.16. The van der Waals surface area contributed by atoms with Crippen molar-refractivity contribution in [2.75, 3.05) is 13.1 Å². The molecule has 0 saturated carbocycles. The van der Waals surface area contributed by atoms with Gasteiger partial charge in [0.2, 0.25) is 5.91 Å². The second-order valence-corrected chi connectivity index (χ2v) is 4.42. The lowest BCUT2D eigenvalue weighted by Gasteiger charge is -2.20. The molecule has 1 saturated heterocycles. The van der Waals surface area contributed by atoms with Gasteiger partial charge in [-0.05, 0) is 31.7 Å². The number of rotatable bonds is 5. The molecular weight excluding hydrogens is 202 g/mol. The lowest BCUT2D eigenvalue weighted by atomic mass is 10.0. The maximum absolute atomic E-state index is 11.9. The SMILES string of the molecule is CCC(CN)CCC(=O)N1CCCC1C#N. The van der Waals surface area contributed by atoms with Crippen molar-refractivity contribution in [1.82, 2.24) is 4.90 Å².